The third-order valence-corrected chi connectivity index (χ3v) is 4.70. The number of rotatable bonds is 6. The summed E-state index contributed by atoms with van der Waals surface area (Å²) < 4.78 is 10.5. The predicted molar refractivity (Wildman–Crippen MR) is 101 cm³/mol. The molecular weight excluding hydrogens is 352 g/mol. The molecule has 7 nitrogen and oxygen atoms in total. The third-order valence-electron chi connectivity index (χ3n) is 3.75. The van der Waals surface area contributed by atoms with Gasteiger partial charge in [-0.25, -0.2) is 5.43 Å². The van der Waals surface area contributed by atoms with Crippen LogP contribution in [-0.2, 0) is 0 Å². The van der Waals surface area contributed by atoms with E-state index < -0.39 is 0 Å². The summed E-state index contributed by atoms with van der Waals surface area (Å²) in [5, 5.41) is 12.9. The van der Waals surface area contributed by atoms with Crippen LogP contribution in [0, 0.1) is 6.92 Å². The van der Waals surface area contributed by atoms with Crippen molar-refractivity contribution in [2.45, 2.75) is 6.92 Å². The van der Waals surface area contributed by atoms with Crippen LogP contribution in [0.5, 0.6) is 11.5 Å². The molecule has 0 saturated carbocycles. The summed E-state index contributed by atoms with van der Waals surface area (Å²) in [4.78, 5) is 13.2. The first-order valence-electron chi connectivity index (χ1n) is 7.77. The minimum Gasteiger partial charge on any atom is -0.493 e. The number of H-pyrrole nitrogens is 1. The SMILES string of the molecule is COc1ccc(-c2cc(C(=O)NN=Cc3sccc3C)[nH]n2)cc1OC. The van der Waals surface area contributed by atoms with Crippen molar-refractivity contribution in [3.05, 3.63) is 51.8 Å². The Morgan fingerprint density at radius 2 is 2.04 bits per heavy atom. The molecule has 1 aromatic carbocycles. The number of hydrazone groups is 1. The van der Waals surface area contributed by atoms with Crippen molar-refractivity contribution in [2.24, 2.45) is 5.10 Å². The summed E-state index contributed by atoms with van der Waals surface area (Å²) in [7, 11) is 3.14. The molecule has 0 aliphatic carbocycles. The number of nitrogens with zero attached hydrogens (tertiary/aromatic N) is 2. The monoisotopic (exact) mass is 370 g/mol. The maximum Gasteiger partial charge on any atom is 0.289 e. The minimum atomic E-state index is -0.366. The van der Waals surface area contributed by atoms with Crippen LogP contribution in [0.3, 0.4) is 0 Å². The van der Waals surface area contributed by atoms with E-state index in [9.17, 15) is 4.79 Å². The molecule has 26 heavy (non-hydrogen) atoms. The lowest BCUT2D eigenvalue weighted by molar-refractivity contribution is 0.0950. The fourth-order valence-electron chi connectivity index (χ4n) is 2.31. The van der Waals surface area contributed by atoms with E-state index in [1.165, 1.54) is 0 Å². The lowest BCUT2D eigenvalue weighted by Gasteiger charge is -2.08. The van der Waals surface area contributed by atoms with Crippen molar-refractivity contribution in [1.29, 1.82) is 0 Å². The van der Waals surface area contributed by atoms with Crippen molar-refractivity contribution in [3.63, 3.8) is 0 Å². The molecule has 3 aromatic rings. The molecule has 0 radical (unpaired) electrons. The van der Waals surface area contributed by atoms with Gasteiger partial charge in [0.25, 0.3) is 5.91 Å². The molecule has 134 valence electrons. The number of ether oxygens (including phenoxy) is 2. The highest BCUT2D eigenvalue weighted by Crippen LogP contribution is 2.31. The predicted octanol–water partition coefficient (Wildman–Crippen LogP) is 3.23. The molecule has 2 heterocycles. The van der Waals surface area contributed by atoms with Gasteiger partial charge in [0, 0.05) is 10.4 Å². The zero-order valence-electron chi connectivity index (χ0n) is 14.6. The number of hydrogen-bond donors (Lipinski definition) is 2. The second-order valence-corrected chi connectivity index (χ2v) is 6.35. The number of carbonyl (C=O) groups excluding carboxylic acids is 1. The third kappa shape index (κ3) is 3.75. The highest BCUT2D eigenvalue weighted by Gasteiger charge is 2.12. The first-order chi connectivity index (χ1) is 12.6. The molecule has 0 spiro atoms. The normalized spacial score (nSPS) is 10.9. The van der Waals surface area contributed by atoms with Crippen molar-refractivity contribution in [3.8, 4) is 22.8 Å². The van der Waals surface area contributed by atoms with Crippen LogP contribution in [0.4, 0.5) is 0 Å². The number of benzene rings is 1. The fraction of sp³-hybridized carbons (Fsp3) is 0.167. The first kappa shape index (κ1) is 17.7. The molecule has 0 unspecified atom stereocenters. The summed E-state index contributed by atoms with van der Waals surface area (Å²) >= 11 is 1.56. The number of aromatic amines is 1. The fourth-order valence-corrected chi connectivity index (χ4v) is 3.09. The Labute approximate surface area is 154 Å². The quantitative estimate of drug-likeness (QED) is 0.515. The maximum absolute atomic E-state index is 12.2. The van der Waals surface area contributed by atoms with Crippen LogP contribution in [0.2, 0.25) is 0 Å². The van der Waals surface area contributed by atoms with Gasteiger partial charge in [-0.05, 0) is 48.2 Å². The van der Waals surface area contributed by atoms with E-state index in [1.807, 2.05) is 24.4 Å². The maximum atomic E-state index is 12.2. The lowest BCUT2D eigenvalue weighted by Crippen LogP contribution is -2.17. The molecule has 8 heteroatoms. The Kier molecular flexibility index (Phi) is 5.33. The average Bonchev–Trinajstić information content (AvgIpc) is 3.30. The highest BCUT2D eigenvalue weighted by molar-refractivity contribution is 7.11. The lowest BCUT2D eigenvalue weighted by atomic mass is 10.1. The van der Waals surface area contributed by atoms with Gasteiger partial charge in [-0.3, -0.25) is 9.89 Å². The molecular formula is C18H18N4O3S. The molecule has 0 aliphatic rings. The molecule has 2 N–H and O–H groups in total. The van der Waals surface area contributed by atoms with Gasteiger partial charge in [-0.15, -0.1) is 11.3 Å². The number of methoxy groups -OCH3 is 2. The van der Waals surface area contributed by atoms with Crippen LogP contribution in [0.1, 0.15) is 20.9 Å². The van der Waals surface area contributed by atoms with Gasteiger partial charge >= 0.3 is 0 Å². The summed E-state index contributed by atoms with van der Waals surface area (Å²) in [5.74, 6) is 0.854. The first-order valence-corrected chi connectivity index (χ1v) is 8.65. The second kappa shape index (κ2) is 7.83. The molecule has 0 atom stereocenters. The van der Waals surface area contributed by atoms with Crippen molar-refractivity contribution < 1.29 is 14.3 Å². The van der Waals surface area contributed by atoms with Crippen molar-refractivity contribution in [2.75, 3.05) is 14.2 Å². The van der Waals surface area contributed by atoms with Crippen LogP contribution < -0.4 is 14.9 Å². The number of hydrogen-bond acceptors (Lipinski definition) is 6. The molecule has 0 aliphatic heterocycles. The summed E-state index contributed by atoms with van der Waals surface area (Å²) in [5.41, 5.74) is 5.34. The number of aromatic nitrogens is 2. The topological polar surface area (TPSA) is 88.6 Å². The summed E-state index contributed by atoms with van der Waals surface area (Å²) in [6.07, 6.45) is 1.63. The number of thiophene rings is 1. The standard InChI is InChI=1S/C18H18N4O3S/c1-11-6-7-26-17(11)10-19-22-18(23)14-9-13(20-21-14)12-4-5-15(24-2)16(8-12)25-3/h4-10H,1-3H3,(H,20,21)(H,22,23). The molecule has 1 amide bonds. The molecule has 0 fully saturated rings. The molecule has 2 aromatic heterocycles. The van der Waals surface area contributed by atoms with Gasteiger partial charge in [0.05, 0.1) is 26.1 Å². The van der Waals surface area contributed by atoms with Crippen LogP contribution in [-0.4, -0.2) is 36.5 Å². The number of nitrogens with one attached hydrogen (secondary N) is 2. The van der Waals surface area contributed by atoms with Gasteiger partial charge < -0.3 is 9.47 Å². The molecule has 0 bridgehead atoms. The number of aryl methyl sites for hydroxylation is 1. The van der Waals surface area contributed by atoms with Gasteiger partial charge in [0.1, 0.15) is 5.69 Å². The average molecular weight is 370 g/mol. The van der Waals surface area contributed by atoms with Crippen molar-refractivity contribution in [1.82, 2.24) is 15.6 Å². The molecule has 0 saturated heterocycles. The Bertz CT molecular complexity index is 946. The smallest absolute Gasteiger partial charge is 0.289 e. The van der Waals surface area contributed by atoms with Crippen LogP contribution in [0.25, 0.3) is 11.3 Å². The Hall–Kier alpha value is -3.13. The number of amides is 1. The number of carbonyl (C=O) groups is 1. The van der Waals surface area contributed by atoms with Crippen molar-refractivity contribution >= 4 is 23.5 Å². The van der Waals surface area contributed by atoms with E-state index in [2.05, 4.69) is 20.7 Å². The Balaban J connectivity index is 1.72. The van der Waals surface area contributed by atoms with Crippen LogP contribution in [0.15, 0.2) is 40.8 Å². The zero-order valence-corrected chi connectivity index (χ0v) is 15.4. The highest BCUT2D eigenvalue weighted by atomic mass is 32.1. The second-order valence-electron chi connectivity index (χ2n) is 5.40. The van der Waals surface area contributed by atoms with E-state index >= 15 is 0 Å². The van der Waals surface area contributed by atoms with Gasteiger partial charge in [-0.2, -0.15) is 10.2 Å². The van der Waals surface area contributed by atoms with E-state index in [0.717, 1.165) is 16.0 Å². The minimum absolute atomic E-state index is 0.315. The molecule has 3 rings (SSSR count). The van der Waals surface area contributed by atoms with Gasteiger partial charge in [-0.1, -0.05) is 0 Å². The summed E-state index contributed by atoms with van der Waals surface area (Å²) in [6.45, 7) is 1.99. The van der Waals surface area contributed by atoms with E-state index in [0.29, 0.717) is 22.9 Å². The van der Waals surface area contributed by atoms with Gasteiger partial charge in [0.2, 0.25) is 0 Å². The van der Waals surface area contributed by atoms with E-state index in [1.54, 1.807) is 50.0 Å². The Morgan fingerprint density at radius 1 is 1.23 bits per heavy atom. The van der Waals surface area contributed by atoms with E-state index in [-0.39, 0.29) is 5.91 Å². The zero-order chi connectivity index (χ0) is 18.5. The van der Waals surface area contributed by atoms with E-state index in [4.69, 9.17) is 9.47 Å². The summed E-state index contributed by atoms with van der Waals surface area (Å²) in [6, 6.07) is 9.09. The Morgan fingerprint density at radius 3 is 2.73 bits per heavy atom. The van der Waals surface area contributed by atoms with Gasteiger partial charge in [0.15, 0.2) is 11.5 Å². The van der Waals surface area contributed by atoms with Crippen LogP contribution >= 0.6 is 11.3 Å². The largest absolute Gasteiger partial charge is 0.493 e.